The predicted octanol–water partition coefficient (Wildman–Crippen LogP) is 3.85. The second kappa shape index (κ2) is 11.0. The average molecular weight is 490 g/mol. The Bertz CT molecular complexity index is 501. The predicted molar refractivity (Wildman–Crippen MR) is 114 cm³/mol. The first kappa shape index (κ1) is 21.3. The summed E-state index contributed by atoms with van der Waals surface area (Å²) in [4.78, 5) is 7.80. The van der Waals surface area contributed by atoms with E-state index in [0.717, 1.165) is 36.2 Å². The molecule has 1 saturated heterocycles. The van der Waals surface area contributed by atoms with Crippen LogP contribution in [-0.4, -0.2) is 53.1 Å². The Kier molecular flexibility index (Phi) is 10.2. The highest BCUT2D eigenvalue weighted by Gasteiger charge is 2.21. The Morgan fingerprint density at radius 1 is 1.52 bits per heavy atom. The molecule has 23 heavy (non-hydrogen) atoms. The fraction of sp³-hybridized carbons (Fsp3) is 0.667. The molecule has 2 rings (SSSR count). The Hall–Kier alpha value is 0.300. The highest BCUT2D eigenvalue weighted by atomic mass is 127. The number of nitrogens with one attached hydrogen (secondary N) is 1. The van der Waals surface area contributed by atoms with Crippen LogP contribution in [0.2, 0.25) is 4.34 Å². The minimum absolute atomic E-state index is 0. The van der Waals surface area contributed by atoms with Crippen molar-refractivity contribution < 1.29 is 5.11 Å². The molecule has 0 saturated carbocycles. The van der Waals surface area contributed by atoms with Crippen molar-refractivity contribution in [2.75, 3.05) is 31.9 Å². The van der Waals surface area contributed by atoms with Crippen molar-refractivity contribution in [2.24, 2.45) is 4.99 Å². The first-order valence-electron chi connectivity index (χ1n) is 7.72. The second-order valence-electron chi connectivity index (χ2n) is 5.20. The van der Waals surface area contributed by atoms with Crippen molar-refractivity contribution in [2.45, 2.75) is 31.6 Å². The Morgan fingerprint density at radius 2 is 2.30 bits per heavy atom. The van der Waals surface area contributed by atoms with Gasteiger partial charge >= 0.3 is 0 Å². The number of aliphatic hydroxyl groups excluding tert-OH is 1. The molecule has 1 aliphatic rings. The minimum atomic E-state index is -0.590. The number of nitrogens with zero attached hydrogens (tertiary/aromatic N) is 2. The largest absolute Gasteiger partial charge is 0.386 e. The van der Waals surface area contributed by atoms with Gasteiger partial charge < -0.3 is 15.3 Å². The monoisotopic (exact) mass is 489 g/mol. The van der Waals surface area contributed by atoms with Crippen LogP contribution in [0.15, 0.2) is 17.1 Å². The van der Waals surface area contributed by atoms with Crippen LogP contribution >= 0.6 is 58.7 Å². The molecule has 1 aromatic rings. The zero-order valence-corrected chi connectivity index (χ0v) is 18.2. The summed E-state index contributed by atoms with van der Waals surface area (Å²) in [5, 5.41) is 14.2. The molecule has 0 aliphatic carbocycles. The van der Waals surface area contributed by atoms with Crippen molar-refractivity contribution in [3.05, 3.63) is 21.3 Å². The molecule has 2 atom stereocenters. The summed E-state index contributed by atoms with van der Waals surface area (Å²) < 4.78 is 0.698. The van der Waals surface area contributed by atoms with E-state index >= 15 is 0 Å². The van der Waals surface area contributed by atoms with Gasteiger partial charge in [-0.3, -0.25) is 4.99 Å². The van der Waals surface area contributed by atoms with Crippen LogP contribution in [0, 0.1) is 0 Å². The zero-order valence-electron chi connectivity index (χ0n) is 13.5. The number of guanidine groups is 1. The molecule has 1 fully saturated rings. The van der Waals surface area contributed by atoms with Crippen molar-refractivity contribution >= 4 is 64.6 Å². The smallest absolute Gasteiger partial charge is 0.194 e. The molecule has 0 amide bonds. The Labute approximate surface area is 169 Å². The van der Waals surface area contributed by atoms with Crippen LogP contribution in [0.3, 0.4) is 0 Å². The third-order valence-electron chi connectivity index (χ3n) is 3.56. The lowest BCUT2D eigenvalue weighted by atomic mass is 10.3. The molecule has 4 nitrogen and oxygen atoms in total. The number of thioether (sulfide) groups is 1. The van der Waals surface area contributed by atoms with Crippen molar-refractivity contribution in [3.8, 4) is 0 Å². The van der Waals surface area contributed by atoms with Gasteiger partial charge in [-0.25, -0.2) is 0 Å². The summed E-state index contributed by atoms with van der Waals surface area (Å²) in [6.07, 6.45) is 0.587. The highest BCUT2D eigenvalue weighted by Crippen LogP contribution is 2.27. The van der Waals surface area contributed by atoms with Gasteiger partial charge in [0.1, 0.15) is 6.10 Å². The topological polar surface area (TPSA) is 47.9 Å². The number of thiophene rings is 1. The third kappa shape index (κ3) is 6.61. The average Bonchev–Trinajstić information content (AvgIpc) is 2.97. The first-order chi connectivity index (χ1) is 10.6. The number of rotatable bonds is 5. The van der Waals surface area contributed by atoms with Crippen LogP contribution in [0.5, 0.6) is 0 Å². The number of aliphatic imine (C=N–C) groups is 1. The lowest BCUT2D eigenvalue weighted by molar-refractivity contribution is 0.190. The van der Waals surface area contributed by atoms with E-state index in [1.165, 1.54) is 17.8 Å². The Balaban J connectivity index is 0.00000264. The van der Waals surface area contributed by atoms with E-state index in [-0.39, 0.29) is 24.0 Å². The molecule has 2 unspecified atom stereocenters. The minimum Gasteiger partial charge on any atom is -0.386 e. The van der Waals surface area contributed by atoms with Gasteiger partial charge in [-0.05, 0) is 25.5 Å². The van der Waals surface area contributed by atoms with Crippen LogP contribution in [0.1, 0.15) is 31.2 Å². The SMILES string of the molecule is CCNC(=NCC(O)c1ccc(Cl)s1)N1CCSC(CC)C1.I. The van der Waals surface area contributed by atoms with Gasteiger partial charge in [0, 0.05) is 35.5 Å². The van der Waals surface area contributed by atoms with E-state index in [2.05, 4.69) is 29.1 Å². The summed E-state index contributed by atoms with van der Waals surface area (Å²) in [5.74, 6) is 2.04. The summed E-state index contributed by atoms with van der Waals surface area (Å²) in [7, 11) is 0. The van der Waals surface area contributed by atoms with E-state index in [0.29, 0.717) is 16.1 Å². The zero-order chi connectivity index (χ0) is 15.9. The van der Waals surface area contributed by atoms with E-state index in [1.54, 1.807) is 0 Å². The molecule has 2 N–H and O–H groups in total. The molecular weight excluding hydrogens is 465 g/mol. The molecule has 8 heteroatoms. The summed E-state index contributed by atoms with van der Waals surface area (Å²) in [5.41, 5.74) is 0. The van der Waals surface area contributed by atoms with Crippen LogP contribution in [0.4, 0.5) is 0 Å². The maximum Gasteiger partial charge on any atom is 0.194 e. The lowest BCUT2D eigenvalue weighted by Gasteiger charge is -2.34. The number of halogens is 2. The van der Waals surface area contributed by atoms with Crippen LogP contribution in [-0.2, 0) is 0 Å². The lowest BCUT2D eigenvalue weighted by Crippen LogP contribution is -2.48. The second-order valence-corrected chi connectivity index (χ2v) is 8.35. The molecule has 132 valence electrons. The van der Waals surface area contributed by atoms with Crippen molar-refractivity contribution in [3.63, 3.8) is 0 Å². The van der Waals surface area contributed by atoms with Gasteiger partial charge in [0.15, 0.2) is 5.96 Å². The molecular formula is C15H25ClIN3OS2. The fourth-order valence-electron chi connectivity index (χ4n) is 2.35. The quantitative estimate of drug-likeness (QED) is 0.375. The Morgan fingerprint density at radius 3 is 2.91 bits per heavy atom. The van der Waals surface area contributed by atoms with Gasteiger partial charge in [0.2, 0.25) is 0 Å². The maximum atomic E-state index is 10.2. The van der Waals surface area contributed by atoms with Crippen LogP contribution in [0.25, 0.3) is 0 Å². The van der Waals surface area contributed by atoms with Gasteiger partial charge in [0.05, 0.1) is 10.9 Å². The normalized spacial score (nSPS) is 20.1. The maximum absolute atomic E-state index is 10.2. The van der Waals surface area contributed by atoms with Gasteiger partial charge in [-0.15, -0.1) is 35.3 Å². The molecule has 0 aromatic carbocycles. The van der Waals surface area contributed by atoms with Gasteiger partial charge in [-0.1, -0.05) is 18.5 Å². The highest BCUT2D eigenvalue weighted by molar-refractivity contribution is 14.0. The van der Waals surface area contributed by atoms with E-state index in [1.807, 2.05) is 23.9 Å². The number of hydrogen-bond acceptors (Lipinski definition) is 4. The molecule has 2 heterocycles. The molecule has 0 spiro atoms. The van der Waals surface area contributed by atoms with Crippen LogP contribution < -0.4 is 5.32 Å². The summed E-state index contributed by atoms with van der Waals surface area (Å²) in [6, 6.07) is 3.68. The number of aliphatic hydroxyl groups is 1. The molecule has 1 aliphatic heterocycles. The van der Waals surface area contributed by atoms with E-state index < -0.39 is 6.10 Å². The third-order valence-corrected chi connectivity index (χ3v) is 6.27. The molecule has 0 bridgehead atoms. The fourth-order valence-corrected chi connectivity index (χ4v) is 4.57. The molecule has 1 aromatic heterocycles. The number of hydrogen-bond donors (Lipinski definition) is 2. The van der Waals surface area contributed by atoms with E-state index in [9.17, 15) is 5.11 Å². The summed E-state index contributed by atoms with van der Waals surface area (Å²) in [6.45, 7) is 7.53. The van der Waals surface area contributed by atoms with Gasteiger partial charge in [-0.2, -0.15) is 11.8 Å². The van der Waals surface area contributed by atoms with Crippen molar-refractivity contribution in [1.29, 1.82) is 0 Å². The first-order valence-corrected chi connectivity index (χ1v) is 9.96. The standard InChI is InChI=1S/C15H24ClN3OS2.HI/c1-3-11-10-19(7-8-21-11)15(17-4-2)18-9-12(20)13-5-6-14(16)22-13;/h5-6,11-12,20H,3-4,7-10H2,1-2H3,(H,17,18);1H. The van der Waals surface area contributed by atoms with E-state index in [4.69, 9.17) is 11.6 Å². The van der Waals surface area contributed by atoms with Gasteiger partial charge in [0.25, 0.3) is 0 Å². The summed E-state index contributed by atoms with van der Waals surface area (Å²) >= 11 is 9.37. The molecule has 0 radical (unpaired) electrons. The van der Waals surface area contributed by atoms with Crippen molar-refractivity contribution in [1.82, 2.24) is 10.2 Å².